The van der Waals surface area contributed by atoms with Gasteiger partial charge in [-0.25, -0.2) is 4.39 Å². The number of piperidine rings is 1. The number of halogens is 1. The highest BCUT2D eigenvalue weighted by atomic mass is 19.1. The number of aryl methyl sites for hydroxylation is 2. The summed E-state index contributed by atoms with van der Waals surface area (Å²) in [6.07, 6.45) is 0.965. The van der Waals surface area contributed by atoms with Crippen molar-refractivity contribution < 1.29 is 18.5 Å². The monoisotopic (exact) mass is 512 g/mol. The molecule has 8 heteroatoms. The Labute approximate surface area is 220 Å². The Morgan fingerprint density at radius 2 is 1.71 bits per heavy atom. The zero-order valence-corrected chi connectivity index (χ0v) is 21.4. The van der Waals surface area contributed by atoms with Crippen LogP contribution in [0.4, 0.5) is 4.39 Å². The average molecular weight is 513 g/mol. The Hall–Kier alpha value is -4.33. The predicted octanol–water partition coefficient (Wildman–Crippen LogP) is 4.98. The van der Waals surface area contributed by atoms with E-state index in [4.69, 9.17) is 4.52 Å². The number of nitrogens with one attached hydrogen (secondary N) is 1. The van der Waals surface area contributed by atoms with Crippen molar-refractivity contribution in [3.8, 4) is 11.5 Å². The van der Waals surface area contributed by atoms with Crippen LogP contribution in [-0.2, 0) is 16.8 Å². The molecule has 1 aromatic heterocycles. The molecule has 2 heterocycles. The van der Waals surface area contributed by atoms with Crippen molar-refractivity contribution >= 4 is 11.8 Å². The number of likely N-dealkylation sites (tertiary alicyclic amines) is 1. The quantitative estimate of drug-likeness (QED) is 0.394. The summed E-state index contributed by atoms with van der Waals surface area (Å²) in [5, 5.41) is 6.83. The van der Waals surface area contributed by atoms with Crippen LogP contribution in [0, 0.1) is 19.7 Å². The maximum absolute atomic E-state index is 13.7. The molecule has 0 spiro atoms. The second kappa shape index (κ2) is 10.6. The number of carbonyl (C=O) groups is 2. The van der Waals surface area contributed by atoms with E-state index in [1.165, 1.54) is 12.1 Å². The van der Waals surface area contributed by atoms with Gasteiger partial charge in [0.1, 0.15) is 5.82 Å². The van der Waals surface area contributed by atoms with Crippen molar-refractivity contribution in [3.63, 3.8) is 0 Å². The van der Waals surface area contributed by atoms with Gasteiger partial charge in [0, 0.05) is 30.8 Å². The van der Waals surface area contributed by atoms with Crippen LogP contribution in [0.1, 0.15) is 45.7 Å². The third kappa shape index (κ3) is 5.20. The van der Waals surface area contributed by atoms with E-state index in [-0.39, 0.29) is 24.2 Å². The van der Waals surface area contributed by atoms with E-state index in [9.17, 15) is 14.0 Å². The van der Waals surface area contributed by atoms with Gasteiger partial charge >= 0.3 is 0 Å². The fraction of sp³-hybridized carbons (Fsp3) is 0.267. The molecular formula is C30H29FN4O3. The molecule has 7 nitrogen and oxygen atoms in total. The number of hydrogen-bond donors (Lipinski definition) is 1. The molecule has 1 saturated heterocycles. The number of nitrogens with zero attached hydrogens (tertiary/aromatic N) is 3. The third-order valence-electron chi connectivity index (χ3n) is 7.19. The molecule has 0 atom stereocenters. The maximum Gasteiger partial charge on any atom is 0.257 e. The van der Waals surface area contributed by atoms with Crippen LogP contribution in [0.5, 0.6) is 0 Å². The van der Waals surface area contributed by atoms with E-state index in [0.717, 1.165) is 16.7 Å². The normalized spacial score (nSPS) is 14.8. The minimum absolute atomic E-state index is 0.0871. The van der Waals surface area contributed by atoms with Gasteiger partial charge in [-0.05, 0) is 74.2 Å². The molecule has 1 fully saturated rings. The number of hydrogen-bond acceptors (Lipinski definition) is 5. The number of rotatable bonds is 6. The lowest BCUT2D eigenvalue weighted by Gasteiger charge is -2.41. The smallest absolute Gasteiger partial charge is 0.257 e. The minimum Gasteiger partial charge on any atom is -0.351 e. The number of aromatic nitrogens is 2. The number of carbonyl (C=O) groups excluding carboxylic acids is 2. The summed E-state index contributed by atoms with van der Waals surface area (Å²) in [4.78, 5) is 33.0. The highest BCUT2D eigenvalue weighted by Crippen LogP contribution is 2.37. The summed E-state index contributed by atoms with van der Waals surface area (Å²) in [5.41, 5.74) is 3.25. The van der Waals surface area contributed by atoms with Crippen LogP contribution < -0.4 is 5.32 Å². The summed E-state index contributed by atoms with van der Waals surface area (Å²) in [6, 6.07) is 21.3. The molecule has 1 aliphatic heterocycles. The maximum atomic E-state index is 13.7. The van der Waals surface area contributed by atoms with Crippen LogP contribution in [0.15, 0.2) is 77.3 Å². The van der Waals surface area contributed by atoms with Gasteiger partial charge in [-0.3, -0.25) is 9.59 Å². The molecule has 0 unspecified atom stereocenters. The Bertz CT molecular complexity index is 1440. The molecule has 194 valence electrons. The molecule has 0 saturated carbocycles. The van der Waals surface area contributed by atoms with E-state index in [0.29, 0.717) is 48.8 Å². The summed E-state index contributed by atoms with van der Waals surface area (Å²) in [7, 11) is 0. The molecular weight excluding hydrogens is 483 g/mol. The number of benzene rings is 3. The molecule has 4 aromatic rings. The van der Waals surface area contributed by atoms with E-state index < -0.39 is 5.41 Å². The van der Waals surface area contributed by atoms with Gasteiger partial charge in [0.15, 0.2) is 5.82 Å². The molecule has 0 aliphatic carbocycles. The molecule has 38 heavy (non-hydrogen) atoms. The zero-order valence-electron chi connectivity index (χ0n) is 21.4. The van der Waals surface area contributed by atoms with Crippen LogP contribution >= 0.6 is 0 Å². The van der Waals surface area contributed by atoms with Crippen molar-refractivity contribution in [1.82, 2.24) is 20.4 Å². The minimum atomic E-state index is -0.780. The lowest BCUT2D eigenvalue weighted by molar-refractivity contribution is -0.128. The second-order valence-electron chi connectivity index (χ2n) is 9.78. The third-order valence-corrected chi connectivity index (χ3v) is 7.19. The lowest BCUT2D eigenvalue weighted by atomic mass is 9.71. The van der Waals surface area contributed by atoms with Gasteiger partial charge < -0.3 is 14.7 Å². The van der Waals surface area contributed by atoms with Crippen molar-refractivity contribution in [2.45, 2.75) is 38.6 Å². The Balaban J connectivity index is 1.31. The number of amides is 2. The van der Waals surface area contributed by atoms with Crippen LogP contribution in [0.25, 0.3) is 11.5 Å². The highest BCUT2D eigenvalue weighted by molar-refractivity contribution is 5.95. The van der Waals surface area contributed by atoms with Crippen molar-refractivity contribution in [2.75, 3.05) is 13.1 Å². The first kappa shape index (κ1) is 25.3. The largest absolute Gasteiger partial charge is 0.351 e. The summed E-state index contributed by atoms with van der Waals surface area (Å²) < 4.78 is 18.8. The van der Waals surface area contributed by atoms with Crippen molar-refractivity contribution in [2.24, 2.45) is 0 Å². The predicted molar refractivity (Wildman–Crippen MR) is 141 cm³/mol. The fourth-order valence-corrected chi connectivity index (χ4v) is 4.96. The Kier molecular flexibility index (Phi) is 7.05. The molecule has 3 aromatic carbocycles. The molecule has 1 N–H and O–H groups in total. The second-order valence-corrected chi connectivity index (χ2v) is 9.78. The highest BCUT2D eigenvalue weighted by Gasteiger charge is 2.43. The molecule has 1 aliphatic rings. The van der Waals surface area contributed by atoms with Gasteiger partial charge in [0.05, 0.1) is 5.41 Å². The van der Waals surface area contributed by atoms with Gasteiger partial charge in [0.25, 0.3) is 11.8 Å². The first-order chi connectivity index (χ1) is 18.3. The van der Waals surface area contributed by atoms with E-state index in [2.05, 4.69) is 15.5 Å². The van der Waals surface area contributed by atoms with E-state index in [1.54, 1.807) is 48.2 Å². The van der Waals surface area contributed by atoms with E-state index >= 15 is 0 Å². The molecule has 5 rings (SSSR count). The first-order valence-corrected chi connectivity index (χ1v) is 12.6. The molecule has 0 bridgehead atoms. The van der Waals surface area contributed by atoms with Crippen molar-refractivity contribution in [1.29, 1.82) is 0 Å². The van der Waals surface area contributed by atoms with E-state index in [1.807, 2.05) is 31.2 Å². The van der Waals surface area contributed by atoms with Crippen LogP contribution in [-0.4, -0.2) is 39.9 Å². The first-order valence-electron chi connectivity index (χ1n) is 12.6. The molecule has 2 amide bonds. The average Bonchev–Trinajstić information content (AvgIpc) is 3.38. The summed E-state index contributed by atoms with van der Waals surface area (Å²) in [6.45, 7) is 4.86. The summed E-state index contributed by atoms with van der Waals surface area (Å²) in [5.74, 6) is 0.419. The topological polar surface area (TPSA) is 88.3 Å². The molecule has 0 radical (unpaired) electrons. The van der Waals surface area contributed by atoms with Gasteiger partial charge in [-0.2, -0.15) is 4.98 Å². The van der Waals surface area contributed by atoms with Crippen LogP contribution in [0.2, 0.25) is 0 Å². The van der Waals surface area contributed by atoms with Gasteiger partial charge in [-0.1, -0.05) is 47.1 Å². The van der Waals surface area contributed by atoms with Gasteiger partial charge in [-0.15, -0.1) is 0 Å². The van der Waals surface area contributed by atoms with Crippen molar-refractivity contribution in [3.05, 3.63) is 107 Å². The Morgan fingerprint density at radius 3 is 2.34 bits per heavy atom. The Morgan fingerprint density at radius 1 is 1.00 bits per heavy atom. The standard InChI is InChI=1S/C30H29FN4O3/c1-20-6-12-25(13-7-20)30(29(37)32-19-22-4-3-5-26(31)18-22)14-16-35(17-15-30)28(36)24-10-8-23(9-11-24)27-33-21(2)34-38-27/h3-13,18H,14-17,19H2,1-2H3,(H,32,37). The lowest BCUT2D eigenvalue weighted by Crippen LogP contribution is -2.52. The van der Waals surface area contributed by atoms with Crippen LogP contribution in [0.3, 0.4) is 0 Å². The zero-order chi connectivity index (χ0) is 26.7. The summed E-state index contributed by atoms with van der Waals surface area (Å²) >= 11 is 0. The fourth-order valence-electron chi connectivity index (χ4n) is 4.96. The van der Waals surface area contributed by atoms with Gasteiger partial charge in [0.2, 0.25) is 5.91 Å². The SMILES string of the molecule is Cc1ccc(C2(C(=O)NCc3cccc(F)c3)CCN(C(=O)c3ccc(-c4nc(C)no4)cc3)CC2)cc1.